The maximum Gasteiger partial charge on any atom is 0.229 e. The number of fused-ring (bicyclic) bond motifs is 1. The van der Waals surface area contributed by atoms with E-state index in [0.29, 0.717) is 17.6 Å². The zero-order valence-electron chi connectivity index (χ0n) is 19.5. The van der Waals surface area contributed by atoms with E-state index in [0.717, 1.165) is 48.6 Å². The molecule has 0 aliphatic carbocycles. The monoisotopic (exact) mass is 475 g/mol. The largest absolute Gasteiger partial charge is 0.444 e. The fraction of sp³-hybridized carbons (Fsp3) is 0.292. The lowest BCUT2D eigenvalue weighted by molar-refractivity contribution is 0.313. The van der Waals surface area contributed by atoms with Crippen LogP contribution in [-0.4, -0.2) is 63.9 Å². The summed E-state index contributed by atoms with van der Waals surface area (Å²) < 4.78 is 17.5. The quantitative estimate of drug-likeness (QED) is 0.436. The van der Waals surface area contributed by atoms with Crippen molar-refractivity contribution in [1.29, 1.82) is 0 Å². The first-order valence-corrected chi connectivity index (χ1v) is 12.7. The minimum atomic E-state index is -1.32. The molecule has 0 atom stereocenters. The van der Waals surface area contributed by atoms with Crippen LogP contribution in [0.4, 0.5) is 23.1 Å². The van der Waals surface area contributed by atoms with Crippen molar-refractivity contribution in [2.24, 2.45) is 4.36 Å². The topological polar surface area (TPSA) is 91.5 Å². The number of benzene rings is 1. The molecular formula is C24H27N8OS-. The Labute approximate surface area is 200 Å². The van der Waals surface area contributed by atoms with Gasteiger partial charge < -0.3 is 23.7 Å². The van der Waals surface area contributed by atoms with Gasteiger partial charge in [0.15, 0.2) is 5.65 Å². The first kappa shape index (κ1) is 22.3. The number of pyridine rings is 1. The Bertz CT molecular complexity index is 1400. The van der Waals surface area contributed by atoms with Gasteiger partial charge in [-0.05, 0) is 56.4 Å². The number of likely N-dealkylation sites (N-methyl/N-ethyl adjacent to an activating group) is 1. The van der Waals surface area contributed by atoms with E-state index >= 15 is 0 Å². The van der Waals surface area contributed by atoms with E-state index in [1.165, 1.54) is 11.9 Å². The zero-order chi connectivity index (χ0) is 23.7. The van der Waals surface area contributed by atoms with Gasteiger partial charge in [-0.1, -0.05) is 6.07 Å². The summed E-state index contributed by atoms with van der Waals surface area (Å²) in [5.74, 6) is 1.60. The lowest BCUT2D eigenvalue weighted by atomic mass is 10.2. The molecule has 0 bridgehead atoms. The lowest BCUT2D eigenvalue weighted by Crippen LogP contribution is -2.44. The summed E-state index contributed by atoms with van der Waals surface area (Å²) in [6, 6.07) is 15.9. The van der Waals surface area contributed by atoms with Crippen molar-refractivity contribution in [3.8, 4) is 5.82 Å². The molecule has 0 spiro atoms. The molecule has 5 rings (SSSR count). The van der Waals surface area contributed by atoms with Gasteiger partial charge >= 0.3 is 0 Å². The molecule has 4 aromatic rings. The molecule has 0 radical (unpaired) electrons. The van der Waals surface area contributed by atoms with Crippen LogP contribution in [0.15, 0.2) is 59.1 Å². The summed E-state index contributed by atoms with van der Waals surface area (Å²) in [4.78, 5) is 18.6. The van der Waals surface area contributed by atoms with E-state index in [-0.39, 0.29) is 0 Å². The average molecular weight is 476 g/mol. The van der Waals surface area contributed by atoms with Crippen LogP contribution in [-0.2, 0) is 14.8 Å². The Morgan fingerprint density at radius 2 is 1.79 bits per heavy atom. The molecule has 1 aliphatic rings. The van der Waals surface area contributed by atoms with Gasteiger partial charge in [0.2, 0.25) is 5.95 Å². The van der Waals surface area contributed by atoms with Crippen molar-refractivity contribution in [1.82, 2.24) is 24.4 Å². The van der Waals surface area contributed by atoms with Crippen molar-refractivity contribution in [2.45, 2.75) is 6.92 Å². The molecule has 1 saturated heterocycles. The van der Waals surface area contributed by atoms with Gasteiger partial charge in [-0.15, -0.1) is 6.26 Å². The normalized spacial score (nSPS) is 15.7. The SMILES string of the molecule is Cc1cc2cnc(Nc3ccc(N4CCN(C)CC4)cc3)nc2n1-c1cccc(N=[S-](C)=O)n1. The van der Waals surface area contributed by atoms with Crippen molar-refractivity contribution in [3.63, 3.8) is 0 Å². The van der Waals surface area contributed by atoms with Crippen molar-refractivity contribution >= 4 is 44.8 Å². The Morgan fingerprint density at radius 1 is 1.03 bits per heavy atom. The van der Waals surface area contributed by atoms with E-state index in [1.54, 1.807) is 6.07 Å². The number of nitrogens with zero attached hydrogens (tertiary/aromatic N) is 7. The highest BCUT2D eigenvalue weighted by Crippen LogP contribution is 2.25. The Balaban J connectivity index is 1.41. The third-order valence-corrected chi connectivity index (χ3v) is 6.33. The van der Waals surface area contributed by atoms with Gasteiger partial charge in [0.25, 0.3) is 0 Å². The van der Waals surface area contributed by atoms with E-state index in [9.17, 15) is 4.21 Å². The van der Waals surface area contributed by atoms with Gasteiger partial charge in [-0.2, -0.15) is 15.6 Å². The molecule has 1 aliphatic heterocycles. The molecule has 1 fully saturated rings. The van der Waals surface area contributed by atoms with Gasteiger partial charge in [0, 0.05) is 54.8 Å². The van der Waals surface area contributed by atoms with Crippen LogP contribution in [0.5, 0.6) is 0 Å². The van der Waals surface area contributed by atoms with Crippen LogP contribution in [0.25, 0.3) is 16.9 Å². The third-order valence-electron chi connectivity index (χ3n) is 5.89. The predicted octanol–water partition coefficient (Wildman–Crippen LogP) is 4.03. The summed E-state index contributed by atoms with van der Waals surface area (Å²) >= 11 is 0. The molecule has 176 valence electrons. The highest BCUT2D eigenvalue weighted by molar-refractivity contribution is 7.74. The highest BCUT2D eigenvalue weighted by Gasteiger charge is 2.15. The first-order valence-electron chi connectivity index (χ1n) is 11.1. The smallest absolute Gasteiger partial charge is 0.229 e. The number of nitrogens with one attached hydrogen (secondary N) is 1. The summed E-state index contributed by atoms with van der Waals surface area (Å²) in [5.41, 5.74) is 3.87. The summed E-state index contributed by atoms with van der Waals surface area (Å²) in [6.45, 7) is 6.23. The van der Waals surface area contributed by atoms with Gasteiger partial charge in [0.05, 0.1) is 0 Å². The minimum absolute atomic E-state index is 0.424. The fourth-order valence-corrected chi connectivity index (χ4v) is 4.50. The molecular weight excluding hydrogens is 448 g/mol. The van der Waals surface area contributed by atoms with Gasteiger partial charge in [0.1, 0.15) is 11.6 Å². The highest BCUT2D eigenvalue weighted by atomic mass is 32.2. The van der Waals surface area contributed by atoms with Crippen molar-refractivity contribution in [2.75, 3.05) is 49.7 Å². The maximum absolute atomic E-state index is 11.5. The molecule has 1 N–H and O–H groups in total. The third kappa shape index (κ3) is 4.73. The van der Waals surface area contributed by atoms with Crippen molar-refractivity contribution in [3.05, 3.63) is 60.4 Å². The van der Waals surface area contributed by atoms with Gasteiger partial charge in [-0.3, -0.25) is 4.57 Å². The molecule has 1 aromatic carbocycles. The maximum atomic E-state index is 11.5. The van der Waals surface area contributed by atoms with Crippen LogP contribution in [0.3, 0.4) is 0 Å². The van der Waals surface area contributed by atoms with Crippen LogP contribution in [0.2, 0.25) is 0 Å². The van der Waals surface area contributed by atoms with E-state index in [4.69, 9.17) is 4.98 Å². The van der Waals surface area contributed by atoms with Crippen LogP contribution < -0.4 is 10.2 Å². The molecule has 9 nitrogen and oxygen atoms in total. The second-order valence-electron chi connectivity index (χ2n) is 8.42. The van der Waals surface area contributed by atoms with Crippen LogP contribution in [0, 0.1) is 6.92 Å². The second kappa shape index (κ2) is 9.40. The molecule has 4 heterocycles. The molecule has 0 unspecified atom stereocenters. The van der Waals surface area contributed by atoms with Crippen LogP contribution in [0.1, 0.15) is 5.69 Å². The van der Waals surface area contributed by atoms with E-state index in [1.807, 2.05) is 35.9 Å². The number of hydrogen-bond acceptors (Lipinski definition) is 9. The van der Waals surface area contributed by atoms with E-state index in [2.05, 4.69) is 60.8 Å². The number of hydrogen-bond donors (Lipinski definition) is 1. The molecule has 0 saturated carbocycles. The molecule has 3 aromatic heterocycles. The lowest BCUT2D eigenvalue weighted by Gasteiger charge is -2.34. The summed E-state index contributed by atoms with van der Waals surface area (Å²) in [6.07, 6.45) is 3.33. The number of piperazine rings is 1. The minimum Gasteiger partial charge on any atom is -0.444 e. The first-order chi connectivity index (χ1) is 16.5. The molecule has 10 heteroatoms. The summed E-state index contributed by atoms with van der Waals surface area (Å²) in [7, 11) is 0.838. The Morgan fingerprint density at radius 3 is 2.53 bits per heavy atom. The van der Waals surface area contributed by atoms with Crippen LogP contribution >= 0.6 is 0 Å². The predicted molar refractivity (Wildman–Crippen MR) is 137 cm³/mol. The molecule has 0 amide bonds. The number of aromatic nitrogens is 4. The fourth-order valence-electron chi connectivity index (χ4n) is 4.14. The van der Waals surface area contributed by atoms with Gasteiger partial charge in [-0.25, -0.2) is 9.97 Å². The number of rotatable bonds is 5. The Hall–Kier alpha value is -3.50. The molecule has 34 heavy (non-hydrogen) atoms. The zero-order valence-corrected chi connectivity index (χ0v) is 20.3. The second-order valence-corrected chi connectivity index (χ2v) is 9.46. The number of anilines is 3. The Kier molecular flexibility index (Phi) is 6.16. The standard InChI is InChI=1S/C24H27N8OS/c1-17-15-18-16-25-24(26-19-7-9-20(10-8-19)31-13-11-30(2)12-14-31)28-23(18)32(17)22-6-4-5-21(27-22)29-34(3)33/h4-10,15-16H,11-14H2,1-3H3,(H,25,26,28)/q-1. The summed E-state index contributed by atoms with van der Waals surface area (Å²) in [5, 5.41) is 4.23. The van der Waals surface area contributed by atoms with E-state index < -0.39 is 10.6 Å². The number of aryl methyl sites for hydroxylation is 1. The van der Waals surface area contributed by atoms with Crippen molar-refractivity contribution < 1.29 is 4.21 Å². The average Bonchev–Trinajstić information content (AvgIpc) is 3.15.